The number of hydrogen-bond acceptors (Lipinski definition) is 2. The second kappa shape index (κ2) is 8.05. The van der Waals surface area contributed by atoms with Gasteiger partial charge in [0, 0.05) is 13.1 Å². The lowest BCUT2D eigenvalue weighted by atomic mass is 10.2. The van der Waals surface area contributed by atoms with Crippen molar-refractivity contribution in [2.45, 2.75) is 27.2 Å². The minimum atomic E-state index is 0.693. The summed E-state index contributed by atoms with van der Waals surface area (Å²) in [4.78, 5) is 11.7. The number of carbonyl (C=O) groups excluding carboxylic acids is 1. The maximum absolute atomic E-state index is 10.0. The molecule has 1 amide bonds. The molecule has 3 heteroatoms. The van der Waals surface area contributed by atoms with Crippen LogP contribution in [0.15, 0.2) is 0 Å². The third-order valence-corrected chi connectivity index (χ3v) is 2.01. The molecule has 0 saturated carbocycles. The van der Waals surface area contributed by atoms with Gasteiger partial charge in [-0.25, -0.2) is 0 Å². The summed E-state index contributed by atoms with van der Waals surface area (Å²) >= 11 is 0. The molecule has 0 unspecified atom stereocenters. The number of morpholine rings is 1. The summed E-state index contributed by atoms with van der Waals surface area (Å²) in [5, 5.41) is 0. The Labute approximate surface area is 81.1 Å². The zero-order chi connectivity index (χ0) is 10.1. The van der Waals surface area contributed by atoms with Gasteiger partial charge >= 0.3 is 0 Å². The summed E-state index contributed by atoms with van der Waals surface area (Å²) in [6.45, 7) is 9.54. The lowest BCUT2D eigenvalue weighted by molar-refractivity contribution is -0.121. The van der Waals surface area contributed by atoms with E-state index in [0.29, 0.717) is 13.2 Å². The van der Waals surface area contributed by atoms with E-state index >= 15 is 0 Å². The predicted molar refractivity (Wildman–Crippen MR) is 53.6 cm³/mol. The molecule has 1 heterocycles. The van der Waals surface area contributed by atoms with Gasteiger partial charge in [0.1, 0.15) is 0 Å². The molecule has 3 nitrogen and oxygen atoms in total. The van der Waals surface area contributed by atoms with E-state index < -0.39 is 0 Å². The second-order valence-electron chi connectivity index (χ2n) is 3.56. The summed E-state index contributed by atoms with van der Waals surface area (Å²) in [5.41, 5.74) is 0. The minimum absolute atomic E-state index is 0.693. The number of carbonyl (C=O) groups is 1. The van der Waals surface area contributed by atoms with Crippen molar-refractivity contribution in [2.75, 3.05) is 26.3 Å². The molecule has 0 bridgehead atoms. The molecule has 0 atom stereocenters. The first-order valence-corrected chi connectivity index (χ1v) is 4.97. The fraction of sp³-hybridized carbons (Fsp3) is 0.900. The van der Waals surface area contributed by atoms with Gasteiger partial charge in [-0.15, -0.1) is 0 Å². The van der Waals surface area contributed by atoms with Crippen LogP contribution in [0.2, 0.25) is 0 Å². The van der Waals surface area contributed by atoms with Crippen molar-refractivity contribution in [3.63, 3.8) is 0 Å². The molecule has 1 aliphatic rings. The topological polar surface area (TPSA) is 29.5 Å². The Bertz CT molecular complexity index is 120. The van der Waals surface area contributed by atoms with Crippen LogP contribution in [0.4, 0.5) is 0 Å². The molecular formula is C10H21NO2. The van der Waals surface area contributed by atoms with Crippen LogP contribution in [-0.2, 0) is 9.53 Å². The summed E-state index contributed by atoms with van der Waals surface area (Å²) < 4.78 is 5.00. The average molecular weight is 187 g/mol. The van der Waals surface area contributed by atoms with Crippen molar-refractivity contribution in [1.82, 2.24) is 4.90 Å². The lowest BCUT2D eigenvalue weighted by Crippen LogP contribution is -2.34. The highest BCUT2D eigenvalue weighted by molar-refractivity contribution is 5.46. The summed E-state index contributed by atoms with van der Waals surface area (Å²) in [7, 11) is 0. The Balaban J connectivity index is 0.000000252. The molecule has 0 aromatic heterocycles. The third kappa shape index (κ3) is 7.78. The Kier molecular flexibility index (Phi) is 7.69. The van der Waals surface area contributed by atoms with Crippen molar-refractivity contribution < 1.29 is 9.53 Å². The highest BCUT2D eigenvalue weighted by Crippen LogP contribution is 1.93. The molecule has 0 spiro atoms. The quantitative estimate of drug-likeness (QED) is 0.613. The third-order valence-electron chi connectivity index (χ3n) is 2.01. The first kappa shape index (κ1) is 12.4. The van der Waals surface area contributed by atoms with Crippen molar-refractivity contribution in [2.24, 2.45) is 5.92 Å². The summed E-state index contributed by atoms with van der Waals surface area (Å²) in [5.74, 6) is 0.884. The average Bonchev–Trinajstić information content (AvgIpc) is 2.20. The Hall–Kier alpha value is -0.570. The Morgan fingerprint density at radius 3 is 2.08 bits per heavy atom. The highest BCUT2D eigenvalue weighted by atomic mass is 16.5. The Morgan fingerprint density at radius 1 is 1.38 bits per heavy atom. The van der Waals surface area contributed by atoms with Crippen LogP contribution < -0.4 is 0 Å². The molecule has 0 aromatic rings. The standard InChI is InChI=1S/C5H9NO2.C5H12/c7-5-6-1-3-8-4-2-6;1-4-5(2)3/h5H,1-4H2;5H,4H2,1-3H3. The second-order valence-corrected chi connectivity index (χ2v) is 3.56. The van der Waals surface area contributed by atoms with Gasteiger partial charge in [-0.05, 0) is 5.92 Å². The maximum atomic E-state index is 10.0. The largest absolute Gasteiger partial charge is 0.378 e. The first-order chi connectivity index (χ1) is 6.20. The van der Waals surface area contributed by atoms with Gasteiger partial charge in [0.25, 0.3) is 0 Å². The maximum Gasteiger partial charge on any atom is 0.209 e. The minimum Gasteiger partial charge on any atom is -0.378 e. The van der Waals surface area contributed by atoms with E-state index in [1.165, 1.54) is 6.42 Å². The van der Waals surface area contributed by atoms with Crippen LogP contribution in [0, 0.1) is 5.92 Å². The van der Waals surface area contributed by atoms with Crippen LogP contribution in [0.3, 0.4) is 0 Å². The van der Waals surface area contributed by atoms with E-state index in [9.17, 15) is 4.79 Å². The van der Waals surface area contributed by atoms with Crippen molar-refractivity contribution in [3.8, 4) is 0 Å². The smallest absolute Gasteiger partial charge is 0.209 e. The lowest BCUT2D eigenvalue weighted by Gasteiger charge is -2.21. The van der Waals surface area contributed by atoms with Gasteiger partial charge < -0.3 is 9.64 Å². The number of rotatable bonds is 2. The van der Waals surface area contributed by atoms with E-state index in [0.717, 1.165) is 25.4 Å². The van der Waals surface area contributed by atoms with E-state index in [4.69, 9.17) is 4.74 Å². The van der Waals surface area contributed by atoms with E-state index in [1.54, 1.807) is 4.90 Å². The molecule has 13 heavy (non-hydrogen) atoms. The van der Waals surface area contributed by atoms with Gasteiger partial charge in [-0.3, -0.25) is 4.79 Å². The monoisotopic (exact) mass is 187 g/mol. The number of nitrogens with zero attached hydrogens (tertiary/aromatic N) is 1. The van der Waals surface area contributed by atoms with Crippen LogP contribution in [0.1, 0.15) is 27.2 Å². The van der Waals surface area contributed by atoms with Crippen LogP contribution >= 0.6 is 0 Å². The molecule has 1 rings (SSSR count). The van der Waals surface area contributed by atoms with Crippen LogP contribution in [0.5, 0.6) is 0 Å². The highest BCUT2D eigenvalue weighted by Gasteiger charge is 2.05. The summed E-state index contributed by atoms with van der Waals surface area (Å²) in [6, 6.07) is 0. The van der Waals surface area contributed by atoms with Crippen molar-refractivity contribution in [3.05, 3.63) is 0 Å². The van der Waals surface area contributed by atoms with Crippen molar-refractivity contribution >= 4 is 6.41 Å². The zero-order valence-corrected chi connectivity index (χ0v) is 8.95. The SMILES string of the molecule is CCC(C)C.O=CN1CCOCC1. The van der Waals surface area contributed by atoms with Gasteiger partial charge in [0.2, 0.25) is 6.41 Å². The zero-order valence-electron chi connectivity index (χ0n) is 8.95. The Morgan fingerprint density at radius 2 is 1.85 bits per heavy atom. The van der Waals surface area contributed by atoms with Crippen LogP contribution in [0.25, 0.3) is 0 Å². The van der Waals surface area contributed by atoms with E-state index in [2.05, 4.69) is 20.8 Å². The predicted octanol–water partition coefficient (Wildman–Crippen LogP) is 1.53. The molecular weight excluding hydrogens is 166 g/mol. The van der Waals surface area contributed by atoms with Gasteiger partial charge in [-0.2, -0.15) is 0 Å². The molecule has 0 aromatic carbocycles. The molecule has 1 saturated heterocycles. The van der Waals surface area contributed by atoms with E-state index in [1.807, 2.05) is 0 Å². The molecule has 0 aliphatic carbocycles. The molecule has 1 fully saturated rings. The molecule has 0 N–H and O–H groups in total. The summed E-state index contributed by atoms with van der Waals surface area (Å²) in [6.07, 6.45) is 2.17. The van der Waals surface area contributed by atoms with Crippen molar-refractivity contribution in [1.29, 1.82) is 0 Å². The molecule has 78 valence electrons. The van der Waals surface area contributed by atoms with Gasteiger partial charge in [0.05, 0.1) is 13.2 Å². The van der Waals surface area contributed by atoms with Gasteiger partial charge in [0.15, 0.2) is 0 Å². The number of hydrogen-bond donors (Lipinski definition) is 0. The normalized spacial score (nSPS) is 16.5. The number of amides is 1. The first-order valence-electron chi connectivity index (χ1n) is 4.97. The van der Waals surface area contributed by atoms with Gasteiger partial charge in [-0.1, -0.05) is 27.2 Å². The van der Waals surface area contributed by atoms with Crippen LogP contribution in [-0.4, -0.2) is 37.6 Å². The fourth-order valence-electron chi connectivity index (χ4n) is 0.683. The number of ether oxygens (including phenoxy) is 1. The van der Waals surface area contributed by atoms with E-state index in [-0.39, 0.29) is 0 Å². The fourth-order valence-corrected chi connectivity index (χ4v) is 0.683. The molecule has 0 radical (unpaired) electrons. The molecule has 1 aliphatic heterocycles.